The van der Waals surface area contributed by atoms with Crippen LogP contribution >= 0.6 is 0 Å². The molecule has 3 aromatic rings. The first kappa shape index (κ1) is 12.0. The van der Waals surface area contributed by atoms with E-state index in [0.717, 1.165) is 5.39 Å². The molecule has 2 aromatic carbocycles. The van der Waals surface area contributed by atoms with Crippen molar-refractivity contribution in [3.05, 3.63) is 48.2 Å². The second kappa shape index (κ2) is 4.58. The summed E-state index contributed by atoms with van der Waals surface area (Å²) in [6.07, 6.45) is 1.40. The molecular weight excluding hydrogens is 256 g/mol. The summed E-state index contributed by atoms with van der Waals surface area (Å²) in [7, 11) is 0. The van der Waals surface area contributed by atoms with Crippen LogP contribution in [0.5, 0.6) is 5.75 Å². The predicted molar refractivity (Wildman–Crippen MR) is 76.6 cm³/mol. The van der Waals surface area contributed by atoms with Gasteiger partial charge in [-0.1, -0.05) is 30.3 Å². The van der Waals surface area contributed by atoms with E-state index < -0.39 is 5.91 Å². The van der Waals surface area contributed by atoms with Gasteiger partial charge in [-0.2, -0.15) is 5.10 Å². The molecule has 0 aliphatic carbocycles. The lowest BCUT2D eigenvalue weighted by atomic mass is 10.0. The molecule has 100 valence electrons. The van der Waals surface area contributed by atoms with Crippen molar-refractivity contribution in [3.8, 4) is 5.75 Å². The minimum absolute atomic E-state index is 0.0568. The van der Waals surface area contributed by atoms with Gasteiger partial charge in [0.1, 0.15) is 5.75 Å². The van der Waals surface area contributed by atoms with Crippen molar-refractivity contribution in [2.45, 2.75) is 0 Å². The number of phenols is 1. The number of carbonyl (C=O) groups is 1. The number of nitrogens with one attached hydrogen (secondary N) is 2. The minimum atomic E-state index is -0.454. The molecule has 3 rings (SSSR count). The van der Waals surface area contributed by atoms with Gasteiger partial charge < -0.3 is 16.2 Å². The van der Waals surface area contributed by atoms with Gasteiger partial charge in [0.15, 0.2) is 5.82 Å². The van der Waals surface area contributed by atoms with E-state index in [0.29, 0.717) is 16.9 Å². The van der Waals surface area contributed by atoms with Crippen LogP contribution in [0, 0.1) is 0 Å². The maximum absolute atomic E-state index is 12.2. The molecule has 0 radical (unpaired) electrons. The first-order chi connectivity index (χ1) is 9.66. The van der Waals surface area contributed by atoms with E-state index in [4.69, 9.17) is 5.73 Å². The van der Waals surface area contributed by atoms with Crippen LogP contribution in [0.15, 0.2) is 42.6 Å². The van der Waals surface area contributed by atoms with Gasteiger partial charge in [-0.25, -0.2) is 0 Å². The number of fused-ring (bicyclic) bond motifs is 1. The Morgan fingerprint density at radius 1 is 1.25 bits per heavy atom. The summed E-state index contributed by atoms with van der Waals surface area (Å²) >= 11 is 0. The Labute approximate surface area is 114 Å². The van der Waals surface area contributed by atoms with Gasteiger partial charge in [0, 0.05) is 5.39 Å². The van der Waals surface area contributed by atoms with Crippen molar-refractivity contribution in [2.24, 2.45) is 0 Å². The number of nitrogens with zero attached hydrogens (tertiary/aromatic N) is 1. The lowest BCUT2D eigenvalue weighted by Crippen LogP contribution is -2.13. The van der Waals surface area contributed by atoms with Gasteiger partial charge in [0.25, 0.3) is 5.91 Å². The number of hydrogen-bond acceptors (Lipinski definition) is 4. The fraction of sp³-hybridized carbons (Fsp3) is 0. The fourth-order valence-electron chi connectivity index (χ4n) is 2.01. The summed E-state index contributed by atoms with van der Waals surface area (Å²) in [4.78, 5) is 12.2. The molecule has 1 aromatic heterocycles. The number of hydrogen-bond donors (Lipinski definition) is 4. The molecule has 6 nitrogen and oxygen atoms in total. The highest BCUT2D eigenvalue weighted by Crippen LogP contribution is 2.29. The Kier molecular flexibility index (Phi) is 2.76. The zero-order valence-corrected chi connectivity index (χ0v) is 10.4. The van der Waals surface area contributed by atoms with Crippen LogP contribution in [-0.4, -0.2) is 21.2 Å². The number of rotatable bonds is 2. The van der Waals surface area contributed by atoms with Crippen molar-refractivity contribution >= 4 is 28.2 Å². The number of nitrogens with two attached hydrogens (primary N) is 1. The zero-order chi connectivity index (χ0) is 14.1. The quantitative estimate of drug-likeness (QED) is 0.571. The molecule has 0 bridgehead atoms. The highest BCUT2D eigenvalue weighted by molar-refractivity contribution is 6.10. The third-order valence-electron chi connectivity index (χ3n) is 3.05. The van der Waals surface area contributed by atoms with Crippen molar-refractivity contribution in [2.75, 3.05) is 11.1 Å². The van der Waals surface area contributed by atoms with Gasteiger partial charge in [0.05, 0.1) is 17.4 Å². The van der Waals surface area contributed by atoms with Crippen LogP contribution in [0.1, 0.15) is 10.4 Å². The molecule has 0 atom stereocenters. The molecule has 0 saturated heterocycles. The van der Waals surface area contributed by atoms with E-state index in [1.165, 1.54) is 6.20 Å². The topological polar surface area (TPSA) is 104 Å². The van der Waals surface area contributed by atoms with Crippen LogP contribution in [0.4, 0.5) is 11.5 Å². The van der Waals surface area contributed by atoms with Crippen LogP contribution in [0.25, 0.3) is 10.8 Å². The Morgan fingerprint density at radius 2 is 2.05 bits per heavy atom. The minimum Gasteiger partial charge on any atom is -0.506 e. The number of nitrogen functional groups attached to an aromatic ring is 1. The average Bonchev–Trinajstić information content (AvgIpc) is 2.85. The molecule has 1 amide bonds. The molecular formula is C14H12N4O2. The molecule has 0 aliphatic rings. The number of carbonyl (C=O) groups excluding carboxylic acids is 1. The number of phenolic OH excluding ortho intramolecular Hbond substituents is 1. The molecule has 0 spiro atoms. The first-order valence-electron chi connectivity index (χ1n) is 5.97. The number of anilines is 2. The largest absolute Gasteiger partial charge is 0.506 e. The standard InChI is InChI=1S/C14H12N4O2/c15-11-7-16-18-13(11)17-14(20)10-6-5-8-3-1-2-4-9(8)12(10)19/h1-7,19H,15H2,(H2,16,17,18,20). The smallest absolute Gasteiger partial charge is 0.260 e. The van der Waals surface area contributed by atoms with E-state index >= 15 is 0 Å². The molecule has 0 saturated carbocycles. The number of aromatic amines is 1. The summed E-state index contributed by atoms with van der Waals surface area (Å²) in [6.45, 7) is 0. The van der Waals surface area contributed by atoms with Gasteiger partial charge in [-0.15, -0.1) is 0 Å². The van der Waals surface area contributed by atoms with Crippen molar-refractivity contribution in [1.29, 1.82) is 0 Å². The van der Waals surface area contributed by atoms with Crippen LogP contribution < -0.4 is 11.1 Å². The SMILES string of the molecule is Nc1cn[nH]c1NC(=O)c1ccc2ccccc2c1O. The monoisotopic (exact) mass is 268 g/mol. The van der Waals surface area contributed by atoms with Crippen LogP contribution in [-0.2, 0) is 0 Å². The third kappa shape index (κ3) is 1.93. The number of aromatic nitrogens is 2. The molecule has 1 heterocycles. The Balaban J connectivity index is 2.00. The zero-order valence-electron chi connectivity index (χ0n) is 10.4. The molecule has 0 unspecified atom stereocenters. The van der Waals surface area contributed by atoms with E-state index in [1.54, 1.807) is 24.3 Å². The summed E-state index contributed by atoms with van der Waals surface area (Å²) in [5, 5.41) is 20.5. The van der Waals surface area contributed by atoms with E-state index in [9.17, 15) is 9.90 Å². The van der Waals surface area contributed by atoms with Crippen LogP contribution in [0.2, 0.25) is 0 Å². The van der Waals surface area contributed by atoms with Gasteiger partial charge in [-0.3, -0.25) is 9.89 Å². The average molecular weight is 268 g/mol. The summed E-state index contributed by atoms with van der Waals surface area (Å²) in [5.74, 6) is -0.203. The number of benzene rings is 2. The number of H-pyrrole nitrogens is 1. The molecule has 6 heteroatoms. The van der Waals surface area contributed by atoms with Crippen LogP contribution in [0.3, 0.4) is 0 Å². The van der Waals surface area contributed by atoms with Gasteiger partial charge in [0.2, 0.25) is 0 Å². The fourth-order valence-corrected chi connectivity index (χ4v) is 2.01. The van der Waals surface area contributed by atoms with Crippen molar-refractivity contribution in [3.63, 3.8) is 0 Å². The number of aromatic hydroxyl groups is 1. The second-order valence-corrected chi connectivity index (χ2v) is 4.34. The Bertz CT molecular complexity index is 795. The number of amides is 1. The summed E-state index contributed by atoms with van der Waals surface area (Å²) in [6, 6.07) is 10.6. The van der Waals surface area contributed by atoms with E-state index in [1.807, 2.05) is 12.1 Å². The summed E-state index contributed by atoms with van der Waals surface area (Å²) < 4.78 is 0. The van der Waals surface area contributed by atoms with E-state index in [-0.39, 0.29) is 11.3 Å². The molecule has 0 aliphatic heterocycles. The van der Waals surface area contributed by atoms with Crippen molar-refractivity contribution in [1.82, 2.24) is 10.2 Å². The Morgan fingerprint density at radius 3 is 2.80 bits per heavy atom. The molecule has 20 heavy (non-hydrogen) atoms. The van der Waals surface area contributed by atoms with E-state index in [2.05, 4.69) is 15.5 Å². The maximum atomic E-state index is 12.2. The Hall–Kier alpha value is -3.02. The first-order valence-corrected chi connectivity index (χ1v) is 5.97. The normalized spacial score (nSPS) is 10.6. The third-order valence-corrected chi connectivity index (χ3v) is 3.05. The molecule has 5 N–H and O–H groups in total. The highest BCUT2D eigenvalue weighted by Gasteiger charge is 2.15. The highest BCUT2D eigenvalue weighted by atomic mass is 16.3. The van der Waals surface area contributed by atoms with Gasteiger partial charge >= 0.3 is 0 Å². The second-order valence-electron chi connectivity index (χ2n) is 4.34. The lowest BCUT2D eigenvalue weighted by Gasteiger charge is -2.08. The maximum Gasteiger partial charge on any atom is 0.260 e. The lowest BCUT2D eigenvalue weighted by molar-refractivity contribution is 0.102. The van der Waals surface area contributed by atoms with Crippen molar-refractivity contribution < 1.29 is 9.90 Å². The van der Waals surface area contributed by atoms with Gasteiger partial charge in [-0.05, 0) is 11.5 Å². The predicted octanol–water partition coefficient (Wildman–Crippen LogP) is 2.10. The molecule has 0 fully saturated rings. The summed E-state index contributed by atoms with van der Waals surface area (Å²) in [5.41, 5.74) is 6.14.